The lowest BCUT2D eigenvalue weighted by molar-refractivity contribution is -0.141. The SMILES string of the molecule is NC1=NC(N)(Cc2ccc(C(F)(F)F)nc2)NC=C1. The first-order valence-corrected chi connectivity index (χ1v) is 5.39. The number of nitrogens with two attached hydrogens (primary N) is 2. The van der Waals surface area contributed by atoms with Gasteiger partial charge in [-0.1, -0.05) is 6.07 Å². The monoisotopic (exact) mass is 271 g/mol. The van der Waals surface area contributed by atoms with Crippen molar-refractivity contribution in [2.24, 2.45) is 16.5 Å². The van der Waals surface area contributed by atoms with Crippen LogP contribution in [0.5, 0.6) is 0 Å². The van der Waals surface area contributed by atoms with Gasteiger partial charge in [0.1, 0.15) is 11.5 Å². The number of hydrogen-bond donors (Lipinski definition) is 3. The summed E-state index contributed by atoms with van der Waals surface area (Å²) in [5.41, 5.74) is 11.0. The first-order valence-electron chi connectivity index (χ1n) is 5.39. The zero-order valence-electron chi connectivity index (χ0n) is 9.78. The molecule has 0 radical (unpaired) electrons. The first-order chi connectivity index (χ1) is 8.78. The minimum absolute atomic E-state index is 0.170. The molecule has 102 valence electrons. The van der Waals surface area contributed by atoms with Gasteiger partial charge in [0.25, 0.3) is 0 Å². The Balaban J connectivity index is 2.14. The van der Waals surface area contributed by atoms with Crippen LogP contribution >= 0.6 is 0 Å². The van der Waals surface area contributed by atoms with Crippen LogP contribution in [0.15, 0.2) is 35.6 Å². The Morgan fingerprint density at radius 2 is 2.05 bits per heavy atom. The molecule has 0 fully saturated rings. The highest BCUT2D eigenvalue weighted by Crippen LogP contribution is 2.27. The third-order valence-corrected chi connectivity index (χ3v) is 2.50. The molecular formula is C11H12F3N5. The molecular weight excluding hydrogens is 259 g/mol. The minimum atomic E-state index is -4.45. The average Bonchev–Trinajstić information content (AvgIpc) is 2.27. The zero-order valence-corrected chi connectivity index (χ0v) is 9.78. The van der Waals surface area contributed by atoms with Crippen LogP contribution in [-0.2, 0) is 12.6 Å². The van der Waals surface area contributed by atoms with E-state index in [1.807, 2.05) is 0 Å². The molecule has 0 amide bonds. The second kappa shape index (κ2) is 4.54. The Kier molecular flexibility index (Phi) is 3.19. The molecule has 2 rings (SSSR count). The fourth-order valence-corrected chi connectivity index (χ4v) is 1.67. The van der Waals surface area contributed by atoms with E-state index in [0.29, 0.717) is 5.56 Å². The lowest BCUT2D eigenvalue weighted by Gasteiger charge is -2.28. The van der Waals surface area contributed by atoms with Crippen molar-refractivity contribution in [2.75, 3.05) is 0 Å². The standard InChI is InChI=1S/C11H12F3N5/c12-11(13,14)8-2-1-7(6-17-8)5-10(16)18-4-3-9(15)19-10/h1-4,6,18H,5,16H2,(H2,15,19). The smallest absolute Gasteiger partial charge is 0.384 e. The van der Waals surface area contributed by atoms with Gasteiger partial charge in [-0.2, -0.15) is 13.2 Å². The van der Waals surface area contributed by atoms with Crippen LogP contribution in [0.1, 0.15) is 11.3 Å². The average molecular weight is 271 g/mol. The Labute approximate surface area is 107 Å². The Hall–Kier alpha value is -2.09. The maximum Gasteiger partial charge on any atom is 0.433 e. The Morgan fingerprint density at radius 1 is 1.32 bits per heavy atom. The van der Waals surface area contributed by atoms with Crippen molar-refractivity contribution in [3.63, 3.8) is 0 Å². The van der Waals surface area contributed by atoms with Gasteiger partial charge >= 0.3 is 6.18 Å². The highest BCUT2D eigenvalue weighted by Gasteiger charge is 2.32. The van der Waals surface area contributed by atoms with E-state index in [1.54, 1.807) is 6.20 Å². The summed E-state index contributed by atoms with van der Waals surface area (Å²) in [6.45, 7) is 0. The summed E-state index contributed by atoms with van der Waals surface area (Å²) in [5, 5.41) is 2.80. The predicted molar refractivity (Wildman–Crippen MR) is 63.8 cm³/mol. The molecule has 0 saturated carbocycles. The van der Waals surface area contributed by atoms with Gasteiger partial charge in [-0.15, -0.1) is 0 Å². The second-order valence-corrected chi connectivity index (χ2v) is 4.16. The molecule has 5 N–H and O–H groups in total. The molecule has 0 spiro atoms. The van der Waals surface area contributed by atoms with E-state index >= 15 is 0 Å². The van der Waals surface area contributed by atoms with Gasteiger partial charge < -0.3 is 11.1 Å². The summed E-state index contributed by atoms with van der Waals surface area (Å²) in [5.74, 6) is -0.915. The van der Waals surface area contributed by atoms with Gasteiger partial charge in [0.2, 0.25) is 0 Å². The van der Waals surface area contributed by atoms with E-state index in [0.717, 1.165) is 12.3 Å². The van der Waals surface area contributed by atoms with Crippen molar-refractivity contribution < 1.29 is 13.2 Å². The molecule has 0 bridgehead atoms. The highest BCUT2D eigenvalue weighted by molar-refractivity contribution is 5.92. The van der Waals surface area contributed by atoms with Gasteiger partial charge in [-0.3, -0.25) is 10.7 Å². The molecule has 1 aliphatic heterocycles. The van der Waals surface area contributed by atoms with Crippen molar-refractivity contribution in [3.05, 3.63) is 41.9 Å². The van der Waals surface area contributed by atoms with Crippen molar-refractivity contribution in [1.29, 1.82) is 0 Å². The number of nitrogens with zero attached hydrogens (tertiary/aromatic N) is 2. The summed E-state index contributed by atoms with van der Waals surface area (Å²) >= 11 is 0. The molecule has 5 nitrogen and oxygen atoms in total. The molecule has 1 aliphatic rings. The van der Waals surface area contributed by atoms with Crippen molar-refractivity contribution >= 4 is 5.84 Å². The summed E-state index contributed by atoms with van der Waals surface area (Å²) in [6, 6.07) is 2.22. The third kappa shape index (κ3) is 3.22. The van der Waals surface area contributed by atoms with E-state index in [-0.39, 0.29) is 12.3 Å². The number of aliphatic imine (C=N–C) groups is 1. The molecule has 8 heteroatoms. The van der Waals surface area contributed by atoms with Crippen LogP contribution in [-0.4, -0.2) is 16.6 Å². The predicted octanol–water partition coefficient (Wildman–Crippen LogP) is 0.730. The van der Waals surface area contributed by atoms with E-state index in [9.17, 15) is 13.2 Å². The van der Waals surface area contributed by atoms with Gasteiger partial charge in [0.15, 0.2) is 5.79 Å². The fraction of sp³-hybridized carbons (Fsp3) is 0.273. The normalized spacial score (nSPS) is 22.8. The maximum absolute atomic E-state index is 12.4. The Morgan fingerprint density at radius 3 is 2.58 bits per heavy atom. The second-order valence-electron chi connectivity index (χ2n) is 4.16. The number of pyridine rings is 1. The largest absolute Gasteiger partial charge is 0.433 e. The maximum atomic E-state index is 12.4. The van der Waals surface area contributed by atoms with E-state index in [2.05, 4.69) is 15.3 Å². The van der Waals surface area contributed by atoms with Gasteiger partial charge in [-0.05, 0) is 17.7 Å². The van der Waals surface area contributed by atoms with Crippen LogP contribution in [0.3, 0.4) is 0 Å². The van der Waals surface area contributed by atoms with E-state index in [1.165, 1.54) is 12.1 Å². The topological polar surface area (TPSA) is 89.3 Å². The van der Waals surface area contributed by atoms with Crippen LogP contribution in [0.25, 0.3) is 0 Å². The number of halogens is 3. The number of alkyl halides is 3. The molecule has 0 aromatic carbocycles. The van der Waals surface area contributed by atoms with Crippen molar-refractivity contribution in [1.82, 2.24) is 10.3 Å². The lowest BCUT2D eigenvalue weighted by Crippen LogP contribution is -2.54. The van der Waals surface area contributed by atoms with Crippen LogP contribution in [0.2, 0.25) is 0 Å². The van der Waals surface area contributed by atoms with E-state index in [4.69, 9.17) is 11.5 Å². The molecule has 0 saturated heterocycles. The van der Waals surface area contributed by atoms with Crippen molar-refractivity contribution in [2.45, 2.75) is 18.4 Å². The highest BCUT2D eigenvalue weighted by atomic mass is 19.4. The van der Waals surface area contributed by atoms with Gasteiger partial charge in [-0.25, -0.2) is 4.99 Å². The van der Waals surface area contributed by atoms with E-state index < -0.39 is 17.7 Å². The summed E-state index contributed by atoms with van der Waals surface area (Å²) in [4.78, 5) is 7.36. The lowest BCUT2D eigenvalue weighted by atomic mass is 10.1. The molecule has 1 aromatic rings. The van der Waals surface area contributed by atoms with Crippen LogP contribution in [0, 0.1) is 0 Å². The van der Waals surface area contributed by atoms with Crippen LogP contribution < -0.4 is 16.8 Å². The minimum Gasteiger partial charge on any atom is -0.384 e. The quantitative estimate of drug-likeness (QED) is 0.739. The molecule has 2 heterocycles. The third-order valence-electron chi connectivity index (χ3n) is 2.50. The van der Waals surface area contributed by atoms with Crippen LogP contribution in [0.4, 0.5) is 13.2 Å². The number of nitrogens with one attached hydrogen (secondary N) is 1. The number of hydrogen-bond acceptors (Lipinski definition) is 5. The van der Waals surface area contributed by atoms with Crippen molar-refractivity contribution in [3.8, 4) is 0 Å². The summed E-state index contributed by atoms with van der Waals surface area (Å²) in [7, 11) is 0. The number of rotatable bonds is 2. The number of aromatic nitrogens is 1. The first kappa shape index (κ1) is 13.3. The molecule has 1 atom stereocenters. The fourth-order valence-electron chi connectivity index (χ4n) is 1.67. The summed E-state index contributed by atoms with van der Waals surface area (Å²) in [6.07, 6.45) is -0.0738. The molecule has 0 aliphatic carbocycles. The molecule has 1 unspecified atom stereocenters. The van der Waals surface area contributed by atoms with Gasteiger partial charge in [0.05, 0.1) is 0 Å². The Bertz CT molecular complexity index is 520. The zero-order chi connectivity index (χ0) is 14.1. The number of amidine groups is 1. The molecule has 1 aromatic heterocycles. The van der Waals surface area contributed by atoms with Gasteiger partial charge in [0, 0.05) is 18.8 Å². The molecule has 19 heavy (non-hydrogen) atoms. The summed E-state index contributed by atoms with van der Waals surface area (Å²) < 4.78 is 37.1.